The lowest BCUT2D eigenvalue weighted by atomic mass is 9.75. The normalized spacial score (nSPS) is 23.1. The zero-order valence-electron chi connectivity index (χ0n) is 14.3. The van der Waals surface area contributed by atoms with Crippen LogP contribution in [0.1, 0.15) is 39.0 Å². The van der Waals surface area contributed by atoms with Gasteiger partial charge in [0.15, 0.2) is 0 Å². The first kappa shape index (κ1) is 18.9. The Morgan fingerprint density at radius 1 is 1.40 bits per heavy atom. The Hall–Kier alpha value is -2.45. The van der Waals surface area contributed by atoms with Gasteiger partial charge in [-0.3, -0.25) is 19.1 Å². The van der Waals surface area contributed by atoms with Gasteiger partial charge in [-0.05, 0) is 31.6 Å². The number of nitrogens with one attached hydrogen (secondary N) is 2. The van der Waals surface area contributed by atoms with Crippen molar-refractivity contribution in [2.75, 3.05) is 7.11 Å². The second-order valence-electron chi connectivity index (χ2n) is 6.34. The lowest BCUT2D eigenvalue weighted by Crippen LogP contribution is -2.57. The molecule has 1 aromatic heterocycles. The van der Waals surface area contributed by atoms with E-state index in [1.165, 1.54) is 7.11 Å². The number of ether oxygens (including phenoxy) is 1. The maximum Gasteiger partial charge on any atom is 0.331 e. The summed E-state index contributed by atoms with van der Waals surface area (Å²) in [5, 5.41) is 2.65. The Bertz CT molecular complexity index is 762. The summed E-state index contributed by atoms with van der Waals surface area (Å²) in [6.07, 6.45) is 4.10. The van der Waals surface area contributed by atoms with E-state index in [1.807, 2.05) is 0 Å². The highest BCUT2D eigenvalue weighted by atomic mass is 19.1. The summed E-state index contributed by atoms with van der Waals surface area (Å²) in [6, 6.07) is 0. The van der Waals surface area contributed by atoms with Gasteiger partial charge in [-0.1, -0.05) is 13.3 Å². The maximum absolute atomic E-state index is 13.3. The minimum absolute atomic E-state index is 0.443. The molecule has 1 aliphatic carbocycles. The Kier molecular flexibility index (Phi) is 5.76. The monoisotopic (exact) mass is 355 g/mol. The topological polar surface area (TPSA) is 110 Å². The molecule has 25 heavy (non-hydrogen) atoms. The fourth-order valence-corrected chi connectivity index (χ4v) is 3.22. The zero-order valence-corrected chi connectivity index (χ0v) is 14.3. The molecule has 0 saturated heterocycles. The highest BCUT2D eigenvalue weighted by Crippen LogP contribution is 2.34. The molecule has 9 heteroatoms. The number of rotatable bonds is 5. The Balaban J connectivity index is 2.15. The van der Waals surface area contributed by atoms with Crippen molar-refractivity contribution in [2.45, 2.75) is 51.1 Å². The summed E-state index contributed by atoms with van der Waals surface area (Å²) in [6.45, 7) is 1.56. The van der Waals surface area contributed by atoms with Crippen LogP contribution in [0, 0.1) is 11.7 Å². The van der Waals surface area contributed by atoms with Crippen LogP contribution in [0.5, 0.6) is 0 Å². The predicted molar refractivity (Wildman–Crippen MR) is 86.4 cm³/mol. The molecule has 0 spiro atoms. The number of hydrogen-bond donors (Lipinski definition) is 2. The maximum atomic E-state index is 13.3. The van der Waals surface area contributed by atoms with Crippen LogP contribution in [0.15, 0.2) is 15.8 Å². The van der Waals surface area contributed by atoms with Gasteiger partial charge >= 0.3 is 11.7 Å². The van der Waals surface area contributed by atoms with Gasteiger partial charge in [-0.2, -0.15) is 4.39 Å². The molecule has 1 aliphatic rings. The van der Waals surface area contributed by atoms with E-state index in [0.29, 0.717) is 25.0 Å². The van der Waals surface area contributed by atoms with E-state index in [0.717, 1.165) is 23.8 Å². The largest absolute Gasteiger partial charge is 0.467 e. The molecule has 0 bridgehead atoms. The van der Waals surface area contributed by atoms with E-state index in [2.05, 4.69) is 12.2 Å². The van der Waals surface area contributed by atoms with Gasteiger partial charge < -0.3 is 10.1 Å². The van der Waals surface area contributed by atoms with Crippen LogP contribution in [0.25, 0.3) is 0 Å². The van der Waals surface area contributed by atoms with E-state index < -0.39 is 41.0 Å². The van der Waals surface area contributed by atoms with Gasteiger partial charge in [0.25, 0.3) is 5.56 Å². The fourth-order valence-electron chi connectivity index (χ4n) is 3.22. The van der Waals surface area contributed by atoms with Gasteiger partial charge in [-0.15, -0.1) is 0 Å². The van der Waals surface area contributed by atoms with Crippen molar-refractivity contribution in [3.05, 3.63) is 32.9 Å². The van der Waals surface area contributed by atoms with Crippen molar-refractivity contribution < 1.29 is 18.7 Å². The number of aromatic nitrogens is 2. The predicted octanol–water partition coefficient (Wildman–Crippen LogP) is 0.304. The van der Waals surface area contributed by atoms with Crippen LogP contribution in [0.2, 0.25) is 0 Å². The highest BCUT2D eigenvalue weighted by Gasteiger charge is 2.43. The third-order valence-corrected chi connectivity index (χ3v) is 4.77. The molecule has 0 atom stereocenters. The second-order valence-corrected chi connectivity index (χ2v) is 6.34. The van der Waals surface area contributed by atoms with Crippen molar-refractivity contribution in [2.24, 2.45) is 5.92 Å². The molecule has 1 aromatic rings. The van der Waals surface area contributed by atoms with Gasteiger partial charge in [0.05, 0.1) is 13.3 Å². The van der Waals surface area contributed by atoms with Gasteiger partial charge in [0.1, 0.15) is 12.1 Å². The van der Waals surface area contributed by atoms with E-state index in [4.69, 9.17) is 4.74 Å². The van der Waals surface area contributed by atoms with Crippen LogP contribution < -0.4 is 16.6 Å². The van der Waals surface area contributed by atoms with E-state index in [9.17, 15) is 23.6 Å². The van der Waals surface area contributed by atoms with Crippen molar-refractivity contribution in [1.82, 2.24) is 14.9 Å². The first-order valence-corrected chi connectivity index (χ1v) is 8.20. The number of halogens is 1. The van der Waals surface area contributed by atoms with Crippen LogP contribution in [-0.2, 0) is 20.9 Å². The number of amides is 1. The number of H-pyrrole nitrogens is 1. The molecular formula is C16H22FN3O5. The Morgan fingerprint density at radius 2 is 2.04 bits per heavy atom. The molecule has 138 valence electrons. The standard InChI is InChI=1S/C16H22FN3O5/c1-3-10-4-6-16(7-5-10,14(23)25-2)19-12(21)9-20-8-11(17)13(22)18-15(20)24/h8,10H,3-7,9H2,1-2H3,(H,19,21)(H,18,22,24). The SMILES string of the molecule is CCC1CCC(NC(=O)Cn2cc(F)c(=O)[nH]c2=O)(C(=O)OC)CC1. The molecule has 0 aliphatic heterocycles. The van der Waals surface area contributed by atoms with Crippen molar-refractivity contribution >= 4 is 11.9 Å². The summed E-state index contributed by atoms with van der Waals surface area (Å²) in [4.78, 5) is 49.0. The molecule has 2 rings (SSSR count). The van der Waals surface area contributed by atoms with Gasteiger partial charge in [0.2, 0.25) is 11.7 Å². The molecule has 1 amide bonds. The summed E-state index contributed by atoms with van der Waals surface area (Å²) >= 11 is 0. The Labute approximate surface area is 143 Å². The molecule has 1 saturated carbocycles. The average Bonchev–Trinajstić information content (AvgIpc) is 2.59. The second kappa shape index (κ2) is 7.62. The lowest BCUT2D eigenvalue weighted by molar-refractivity contribution is -0.153. The highest BCUT2D eigenvalue weighted by molar-refractivity contribution is 5.88. The molecule has 2 N–H and O–H groups in total. The number of hydrogen-bond acceptors (Lipinski definition) is 5. The van der Waals surface area contributed by atoms with E-state index in [1.54, 1.807) is 4.98 Å². The summed E-state index contributed by atoms with van der Waals surface area (Å²) in [5.41, 5.74) is -3.18. The van der Waals surface area contributed by atoms with Crippen molar-refractivity contribution in [3.63, 3.8) is 0 Å². The number of nitrogens with zero attached hydrogens (tertiary/aromatic N) is 1. The van der Waals surface area contributed by atoms with E-state index >= 15 is 0 Å². The first-order valence-electron chi connectivity index (χ1n) is 8.20. The third kappa shape index (κ3) is 4.15. The van der Waals surface area contributed by atoms with Crippen LogP contribution in [-0.4, -0.2) is 34.1 Å². The minimum atomic E-state index is -1.17. The number of carbonyl (C=O) groups excluding carboxylic acids is 2. The van der Waals surface area contributed by atoms with Gasteiger partial charge in [-0.25, -0.2) is 9.59 Å². The third-order valence-electron chi connectivity index (χ3n) is 4.77. The molecule has 0 aromatic carbocycles. The van der Waals surface area contributed by atoms with Gasteiger partial charge in [0, 0.05) is 0 Å². The van der Waals surface area contributed by atoms with Crippen LogP contribution in [0.4, 0.5) is 4.39 Å². The molecule has 8 nitrogen and oxygen atoms in total. The summed E-state index contributed by atoms with van der Waals surface area (Å²) in [7, 11) is 1.25. The van der Waals surface area contributed by atoms with Crippen LogP contribution in [0.3, 0.4) is 0 Å². The summed E-state index contributed by atoms with van der Waals surface area (Å²) in [5.74, 6) is -1.84. The number of aromatic amines is 1. The van der Waals surface area contributed by atoms with Crippen molar-refractivity contribution in [1.29, 1.82) is 0 Å². The minimum Gasteiger partial charge on any atom is -0.467 e. The molecule has 1 fully saturated rings. The first-order chi connectivity index (χ1) is 11.8. The van der Waals surface area contributed by atoms with Crippen LogP contribution >= 0.6 is 0 Å². The lowest BCUT2D eigenvalue weighted by Gasteiger charge is -2.38. The Morgan fingerprint density at radius 3 is 2.60 bits per heavy atom. The van der Waals surface area contributed by atoms with E-state index in [-0.39, 0.29) is 0 Å². The van der Waals surface area contributed by atoms with Crippen molar-refractivity contribution in [3.8, 4) is 0 Å². The number of esters is 1. The smallest absolute Gasteiger partial charge is 0.331 e. The molecular weight excluding hydrogens is 333 g/mol. The zero-order chi connectivity index (χ0) is 18.6. The molecule has 1 heterocycles. The quantitative estimate of drug-likeness (QED) is 0.739. The number of carbonyl (C=O) groups is 2. The fraction of sp³-hybridized carbons (Fsp3) is 0.625. The molecule has 0 radical (unpaired) electrons. The number of methoxy groups -OCH3 is 1. The average molecular weight is 355 g/mol. The summed E-state index contributed by atoms with van der Waals surface area (Å²) < 4.78 is 18.9. The molecule has 0 unspecified atom stereocenters.